The maximum absolute atomic E-state index is 11.6. The SMILES string of the molecule is Cc1nn(C)c(C)c1CN(CCC1CCS(=O)(=O)C1)C(C)C. The van der Waals surface area contributed by atoms with Crippen LogP contribution in [-0.2, 0) is 23.4 Å². The van der Waals surface area contributed by atoms with Gasteiger partial charge in [-0.05, 0) is 53.0 Å². The molecule has 1 aliphatic rings. The van der Waals surface area contributed by atoms with Crippen LogP contribution in [0.4, 0.5) is 0 Å². The van der Waals surface area contributed by atoms with Gasteiger partial charge in [0, 0.05) is 30.9 Å². The van der Waals surface area contributed by atoms with Crippen LogP contribution < -0.4 is 0 Å². The van der Waals surface area contributed by atoms with E-state index in [4.69, 9.17) is 0 Å². The van der Waals surface area contributed by atoms with E-state index in [0.717, 1.165) is 31.6 Å². The van der Waals surface area contributed by atoms with Gasteiger partial charge in [-0.25, -0.2) is 8.42 Å². The van der Waals surface area contributed by atoms with Crippen LogP contribution in [-0.4, -0.2) is 47.2 Å². The van der Waals surface area contributed by atoms with Crippen LogP contribution >= 0.6 is 0 Å². The molecule has 0 radical (unpaired) electrons. The fraction of sp³-hybridized carbons (Fsp3) is 0.812. The van der Waals surface area contributed by atoms with Crippen LogP contribution in [0.15, 0.2) is 0 Å². The van der Waals surface area contributed by atoms with Crippen molar-refractivity contribution in [1.29, 1.82) is 0 Å². The van der Waals surface area contributed by atoms with E-state index in [1.54, 1.807) is 0 Å². The maximum Gasteiger partial charge on any atom is 0.150 e. The predicted molar refractivity (Wildman–Crippen MR) is 89.6 cm³/mol. The third-order valence-corrected chi connectivity index (χ3v) is 6.74. The first-order valence-corrected chi connectivity index (χ1v) is 9.95. The molecule has 1 unspecified atom stereocenters. The summed E-state index contributed by atoms with van der Waals surface area (Å²) < 4.78 is 25.1. The zero-order valence-corrected chi connectivity index (χ0v) is 15.3. The molecule has 2 rings (SSSR count). The van der Waals surface area contributed by atoms with Crippen molar-refractivity contribution in [2.45, 2.75) is 53.1 Å². The number of aryl methyl sites for hydroxylation is 2. The van der Waals surface area contributed by atoms with Crippen molar-refractivity contribution in [2.24, 2.45) is 13.0 Å². The average molecular weight is 327 g/mol. The number of hydrogen-bond donors (Lipinski definition) is 0. The summed E-state index contributed by atoms with van der Waals surface area (Å²) in [6.07, 6.45) is 1.80. The Balaban J connectivity index is 1.99. The highest BCUT2D eigenvalue weighted by atomic mass is 32.2. The van der Waals surface area contributed by atoms with E-state index in [1.165, 1.54) is 11.3 Å². The lowest BCUT2D eigenvalue weighted by atomic mass is 10.0. The van der Waals surface area contributed by atoms with Gasteiger partial charge in [-0.1, -0.05) is 0 Å². The smallest absolute Gasteiger partial charge is 0.150 e. The van der Waals surface area contributed by atoms with E-state index in [2.05, 4.69) is 37.7 Å². The summed E-state index contributed by atoms with van der Waals surface area (Å²) in [5.74, 6) is 1.09. The van der Waals surface area contributed by atoms with E-state index >= 15 is 0 Å². The van der Waals surface area contributed by atoms with Gasteiger partial charge in [0.2, 0.25) is 0 Å². The lowest BCUT2D eigenvalue weighted by Crippen LogP contribution is -2.32. The minimum absolute atomic E-state index is 0.336. The highest BCUT2D eigenvalue weighted by Gasteiger charge is 2.28. The number of nitrogens with zero attached hydrogens (tertiary/aromatic N) is 3. The normalized spacial score (nSPS) is 21.1. The molecule has 0 N–H and O–H groups in total. The summed E-state index contributed by atoms with van der Waals surface area (Å²) in [5.41, 5.74) is 3.61. The highest BCUT2D eigenvalue weighted by molar-refractivity contribution is 7.91. The first-order chi connectivity index (χ1) is 10.2. The average Bonchev–Trinajstić information content (AvgIpc) is 2.87. The number of sulfone groups is 1. The topological polar surface area (TPSA) is 55.2 Å². The molecular formula is C16H29N3O2S. The summed E-state index contributed by atoms with van der Waals surface area (Å²) in [6.45, 7) is 10.4. The second kappa shape index (κ2) is 6.71. The second-order valence-electron chi connectivity index (χ2n) is 6.89. The van der Waals surface area contributed by atoms with E-state index in [0.29, 0.717) is 23.5 Å². The minimum atomic E-state index is -2.76. The Morgan fingerprint density at radius 1 is 1.36 bits per heavy atom. The minimum Gasteiger partial charge on any atom is -0.297 e. The Morgan fingerprint density at radius 3 is 2.50 bits per heavy atom. The highest BCUT2D eigenvalue weighted by Crippen LogP contribution is 2.23. The van der Waals surface area contributed by atoms with Gasteiger partial charge in [0.15, 0.2) is 9.84 Å². The molecule has 1 atom stereocenters. The lowest BCUT2D eigenvalue weighted by molar-refractivity contribution is 0.199. The maximum atomic E-state index is 11.6. The molecule has 0 bridgehead atoms. The van der Waals surface area contributed by atoms with Gasteiger partial charge in [0.05, 0.1) is 17.2 Å². The zero-order valence-electron chi connectivity index (χ0n) is 14.5. The first kappa shape index (κ1) is 17.5. The molecule has 1 aliphatic heterocycles. The van der Waals surface area contributed by atoms with E-state index in [1.807, 2.05) is 11.7 Å². The summed E-state index contributed by atoms with van der Waals surface area (Å²) in [5, 5.41) is 4.49. The molecule has 22 heavy (non-hydrogen) atoms. The predicted octanol–water partition coefficient (Wildman–Crippen LogP) is 2.07. The molecule has 126 valence electrons. The molecule has 2 heterocycles. The third kappa shape index (κ3) is 4.10. The molecule has 5 nitrogen and oxygen atoms in total. The van der Waals surface area contributed by atoms with Crippen molar-refractivity contribution in [3.05, 3.63) is 17.0 Å². The largest absolute Gasteiger partial charge is 0.297 e. The molecule has 0 spiro atoms. The number of aromatic nitrogens is 2. The van der Waals surface area contributed by atoms with E-state index in [-0.39, 0.29) is 0 Å². The summed E-state index contributed by atoms with van der Waals surface area (Å²) >= 11 is 0. The zero-order chi connectivity index (χ0) is 16.5. The fourth-order valence-corrected chi connectivity index (χ4v) is 5.13. The standard InChI is InChI=1S/C16H29N3O2S/c1-12(2)19(8-6-15-7-9-22(20,21)11-15)10-16-13(3)17-18(5)14(16)4/h12,15H,6-11H2,1-5H3. The Hall–Kier alpha value is -0.880. The van der Waals surface area contributed by atoms with Crippen molar-refractivity contribution >= 4 is 9.84 Å². The van der Waals surface area contributed by atoms with Crippen molar-refractivity contribution in [2.75, 3.05) is 18.1 Å². The van der Waals surface area contributed by atoms with Crippen molar-refractivity contribution in [1.82, 2.24) is 14.7 Å². The third-order valence-electron chi connectivity index (χ3n) is 4.90. The number of hydrogen-bond acceptors (Lipinski definition) is 4. The van der Waals surface area contributed by atoms with E-state index < -0.39 is 9.84 Å². The van der Waals surface area contributed by atoms with E-state index in [9.17, 15) is 8.42 Å². The molecular weight excluding hydrogens is 298 g/mol. The van der Waals surface area contributed by atoms with Gasteiger partial charge < -0.3 is 0 Å². The molecule has 1 fully saturated rings. The van der Waals surface area contributed by atoms with Gasteiger partial charge in [-0.15, -0.1) is 0 Å². The van der Waals surface area contributed by atoms with Gasteiger partial charge in [-0.3, -0.25) is 9.58 Å². The van der Waals surface area contributed by atoms with Gasteiger partial charge >= 0.3 is 0 Å². The second-order valence-corrected chi connectivity index (χ2v) is 9.12. The van der Waals surface area contributed by atoms with Crippen LogP contribution in [0.3, 0.4) is 0 Å². The van der Waals surface area contributed by atoms with Crippen LogP contribution in [0.5, 0.6) is 0 Å². The molecule has 0 saturated carbocycles. The molecule has 0 amide bonds. The molecule has 1 saturated heterocycles. The number of rotatable bonds is 6. The quantitative estimate of drug-likeness (QED) is 0.803. The Bertz CT molecular complexity index is 620. The van der Waals surface area contributed by atoms with Crippen molar-refractivity contribution in [3.8, 4) is 0 Å². The van der Waals surface area contributed by atoms with Crippen LogP contribution in [0.1, 0.15) is 43.6 Å². The summed E-state index contributed by atoms with van der Waals surface area (Å²) in [4.78, 5) is 2.43. The molecule has 1 aromatic heterocycles. The van der Waals surface area contributed by atoms with Crippen LogP contribution in [0, 0.1) is 19.8 Å². The summed E-state index contributed by atoms with van der Waals surface area (Å²) in [7, 11) is -0.783. The van der Waals surface area contributed by atoms with Gasteiger partial charge in [0.25, 0.3) is 0 Å². The fourth-order valence-electron chi connectivity index (χ4n) is 3.22. The molecule has 0 aromatic carbocycles. The van der Waals surface area contributed by atoms with Crippen molar-refractivity contribution < 1.29 is 8.42 Å². The Kier molecular flexibility index (Phi) is 5.33. The first-order valence-electron chi connectivity index (χ1n) is 8.13. The van der Waals surface area contributed by atoms with Gasteiger partial charge in [-0.2, -0.15) is 5.10 Å². The monoisotopic (exact) mass is 327 g/mol. The lowest BCUT2D eigenvalue weighted by Gasteiger charge is -2.27. The Morgan fingerprint density at radius 2 is 2.05 bits per heavy atom. The molecule has 1 aromatic rings. The van der Waals surface area contributed by atoms with Crippen LogP contribution in [0.2, 0.25) is 0 Å². The van der Waals surface area contributed by atoms with Crippen LogP contribution in [0.25, 0.3) is 0 Å². The van der Waals surface area contributed by atoms with Crippen molar-refractivity contribution in [3.63, 3.8) is 0 Å². The van der Waals surface area contributed by atoms with Gasteiger partial charge in [0.1, 0.15) is 0 Å². The summed E-state index contributed by atoms with van der Waals surface area (Å²) in [6, 6.07) is 0.442. The molecule has 0 aliphatic carbocycles. The molecule has 6 heteroatoms. The Labute approximate surface area is 134 Å².